The van der Waals surface area contributed by atoms with E-state index in [1.165, 1.54) is 38.0 Å². The number of aliphatic imine (C=N–C) groups is 1. The molecule has 1 saturated heterocycles. The molecule has 1 heterocycles. The highest BCUT2D eigenvalue weighted by atomic mass is 127. The first-order valence-electron chi connectivity index (χ1n) is 10.5. The molecule has 2 rings (SSSR count). The van der Waals surface area contributed by atoms with Crippen LogP contribution in [-0.2, 0) is 6.42 Å². The highest BCUT2D eigenvalue weighted by Gasteiger charge is 2.21. The lowest BCUT2D eigenvalue weighted by Crippen LogP contribution is -2.40. The van der Waals surface area contributed by atoms with Crippen molar-refractivity contribution < 1.29 is 9.47 Å². The van der Waals surface area contributed by atoms with Gasteiger partial charge in [0.1, 0.15) is 0 Å². The molecule has 1 N–H and O–H groups in total. The van der Waals surface area contributed by atoms with Crippen LogP contribution in [0.5, 0.6) is 11.5 Å². The summed E-state index contributed by atoms with van der Waals surface area (Å²) in [6.45, 7) is 10.7. The zero-order valence-corrected chi connectivity index (χ0v) is 21.1. The van der Waals surface area contributed by atoms with Gasteiger partial charge in [-0.3, -0.25) is 4.99 Å². The maximum Gasteiger partial charge on any atom is 0.193 e. The summed E-state index contributed by atoms with van der Waals surface area (Å²) in [5.41, 5.74) is 1.23. The maximum atomic E-state index is 5.41. The number of nitrogens with zero attached hydrogens (tertiary/aromatic N) is 3. The zero-order chi connectivity index (χ0) is 20.4. The minimum Gasteiger partial charge on any atom is -0.493 e. The average molecular weight is 518 g/mol. The molecule has 1 unspecified atom stereocenters. The van der Waals surface area contributed by atoms with Gasteiger partial charge in [-0.05, 0) is 62.9 Å². The lowest BCUT2D eigenvalue weighted by atomic mass is 10.1. The Bertz CT molecular complexity index is 627. The van der Waals surface area contributed by atoms with Gasteiger partial charge in [-0.1, -0.05) is 13.0 Å². The van der Waals surface area contributed by atoms with Gasteiger partial charge >= 0.3 is 0 Å². The smallest absolute Gasteiger partial charge is 0.193 e. The van der Waals surface area contributed by atoms with E-state index in [9.17, 15) is 0 Å². The summed E-state index contributed by atoms with van der Waals surface area (Å²) in [5.74, 6) is 3.22. The van der Waals surface area contributed by atoms with E-state index >= 15 is 0 Å². The standard InChI is InChI=1S/C22H38N4O2.HI/c1-6-12-26-14-11-19(17-26)16-24-22(23-7-2)25(3)13-10-18-8-9-20(27-4)21(15-18)28-5;/h8-9,15,19H,6-7,10-14,16-17H2,1-5H3,(H,23,24);1H. The molecule has 1 fully saturated rings. The Hall–Kier alpha value is -1.22. The molecule has 0 aromatic heterocycles. The highest BCUT2D eigenvalue weighted by Crippen LogP contribution is 2.27. The number of rotatable bonds is 10. The van der Waals surface area contributed by atoms with E-state index in [4.69, 9.17) is 14.5 Å². The van der Waals surface area contributed by atoms with Crippen LogP contribution >= 0.6 is 24.0 Å². The fraction of sp³-hybridized carbons (Fsp3) is 0.682. The second-order valence-corrected chi connectivity index (χ2v) is 7.51. The molecule has 7 heteroatoms. The predicted octanol–water partition coefficient (Wildman–Crippen LogP) is 3.49. The summed E-state index contributed by atoms with van der Waals surface area (Å²) < 4.78 is 10.7. The van der Waals surface area contributed by atoms with Crippen LogP contribution < -0.4 is 14.8 Å². The fourth-order valence-corrected chi connectivity index (χ4v) is 3.71. The van der Waals surface area contributed by atoms with Crippen molar-refractivity contribution in [1.29, 1.82) is 0 Å². The largest absolute Gasteiger partial charge is 0.493 e. The summed E-state index contributed by atoms with van der Waals surface area (Å²) in [4.78, 5) is 9.71. The average Bonchev–Trinajstić information content (AvgIpc) is 3.16. The summed E-state index contributed by atoms with van der Waals surface area (Å²) >= 11 is 0. The summed E-state index contributed by atoms with van der Waals surface area (Å²) in [6, 6.07) is 6.12. The Morgan fingerprint density at radius 2 is 2.00 bits per heavy atom. The van der Waals surface area contributed by atoms with Crippen LogP contribution in [0.15, 0.2) is 23.2 Å². The van der Waals surface area contributed by atoms with Gasteiger partial charge in [0.15, 0.2) is 17.5 Å². The fourth-order valence-electron chi connectivity index (χ4n) is 3.71. The number of likely N-dealkylation sites (N-methyl/N-ethyl adjacent to an activating group) is 1. The van der Waals surface area contributed by atoms with Crippen molar-refractivity contribution in [1.82, 2.24) is 15.1 Å². The van der Waals surface area contributed by atoms with Crippen LogP contribution in [0.1, 0.15) is 32.3 Å². The number of halogens is 1. The van der Waals surface area contributed by atoms with Crippen molar-refractivity contribution in [2.24, 2.45) is 10.9 Å². The van der Waals surface area contributed by atoms with Crippen LogP contribution in [0.25, 0.3) is 0 Å². The summed E-state index contributed by atoms with van der Waals surface area (Å²) in [7, 11) is 5.45. The van der Waals surface area contributed by atoms with Crippen LogP contribution in [0.4, 0.5) is 0 Å². The van der Waals surface area contributed by atoms with Crippen molar-refractivity contribution >= 4 is 29.9 Å². The van der Waals surface area contributed by atoms with E-state index in [0.29, 0.717) is 5.92 Å². The van der Waals surface area contributed by atoms with Crippen molar-refractivity contribution in [3.05, 3.63) is 23.8 Å². The van der Waals surface area contributed by atoms with E-state index < -0.39 is 0 Å². The van der Waals surface area contributed by atoms with Crippen LogP contribution in [-0.4, -0.2) is 76.3 Å². The molecule has 0 aliphatic carbocycles. The molecule has 1 aliphatic heterocycles. The van der Waals surface area contributed by atoms with E-state index in [2.05, 4.69) is 48.1 Å². The lowest BCUT2D eigenvalue weighted by Gasteiger charge is -2.23. The Kier molecular flexibility index (Phi) is 12.4. The van der Waals surface area contributed by atoms with Gasteiger partial charge in [-0.15, -0.1) is 24.0 Å². The molecule has 1 atom stereocenters. The Morgan fingerprint density at radius 1 is 1.24 bits per heavy atom. The molecule has 1 aromatic carbocycles. The minimum atomic E-state index is 0. The normalized spacial score (nSPS) is 17.0. The van der Waals surface area contributed by atoms with E-state index in [-0.39, 0.29) is 24.0 Å². The molecule has 0 bridgehead atoms. The van der Waals surface area contributed by atoms with Crippen LogP contribution in [0.3, 0.4) is 0 Å². The maximum absolute atomic E-state index is 5.41. The monoisotopic (exact) mass is 518 g/mol. The Balaban J connectivity index is 0.00000420. The molecule has 1 aromatic rings. The van der Waals surface area contributed by atoms with Gasteiger partial charge < -0.3 is 24.6 Å². The SMILES string of the molecule is CCCN1CCC(CN=C(NCC)N(C)CCc2ccc(OC)c(OC)c2)C1.I. The number of methoxy groups -OCH3 is 2. The van der Waals surface area contributed by atoms with E-state index in [1.54, 1.807) is 14.2 Å². The number of hydrogen-bond donors (Lipinski definition) is 1. The first kappa shape index (κ1) is 25.8. The van der Waals surface area contributed by atoms with Crippen molar-refractivity contribution in [2.45, 2.75) is 33.1 Å². The zero-order valence-electron chi connectivity index (χ0n) is 18.7. The minimum absolute atomic E-state index is 0. The Morgan fingerprint density at radius 3 is 2.66 bits per heavy atom. The summed E-state index contributed by atoms with van der Waals surface area (Å²) in [6.07, 6.45) is 3.42. The van der Waals surface area contributed by atoms with Crippen molar-refractivity contribution in [3.8, 4) is 11.5 Å². The van der Waals surface area contributed by atoms with Crippen molar-refractivity contribution in [2.75, 3.05) is 60.5 Å². The molecule has 0 amide bonds. The Labute approximate surface area is 194 Å². The number of hydrogen-bond acceptors (Lipinski definition) is 4. The molecule has 29 heavy (non-hydrogen) atoms. The molecular weight excluding hydrogens is 479 g/mol. The number of ether oxygens (including phenoxy) is 2. The van der Waals surface area contributed by atoms with E-state index in [0.717, 1.165) is 43.5 Å². The van der Waals surface area contributed by atoms with Gasteiger partial charge in [0.2, 0.25) is 0 Å². The molecular formula is C22H39IN4O2. The first-order chi connectivity index (χ1) is 13.6. The number of guanidine groups is 1. The summed E-state index contributed by atoms with van der Waals surface area (Å²) in [5, 5.41) is 3.44. The van der Waals surface area contributed by atoms with Gasteiger partial charge in [0.25, 0.3) is 0 Å². The topological polar surface area (TPSA) is 49.3 Å². The quantitative estimate of drug-likeness (QED) is 0.292. The van der Waals surface area contributed by atoms with Crippen LogP contribution in [0.2, 0.25) is 0 Å². The second kappa shape index (κ2) is 13.9. The first-order valence-corrected chi connectivity index (χ1v) is 10.5. The molecule has 0 spiro atoms. The van der Waals surface area contributed by atoms with Crippen molar-refractivity contribution in [3.63, 3.8) is 0 Å². The third kappa shape index (κ3) is 8.20. The van der Waals surface area contributed by atoms with Crippen LogP contribution in [0, 0.1) is 5.92 Å². The molecule has 6 nitrogen and oxygen atoms in total. The third-order valence-electron chi connectivity index (χ3n) is 5.29. The van der Waals surface area contributed by atoms with Gasteiger partial charge in [0, 0.05) is 33.2 Å². The van der Waals surface area contributed by atoms with Gasteiger partial charge in [-0.2, -0.15) is 0 Å². The second-order valence-electron chi connectivity index (χ2n) is 7.51. The molecule has 0 radical (unpaired) electrons. The van der Waals surface area contributed by atoms with E-state index in [1.807, 2.05) is 6.07 Å². The van der Waals surface area contributed by atoms with Gasteiger partial charge in [0.05, 0.1) is 14.2 Å². The number of likely N-dealkylation sites (tertiary alicyclic amines) is 1. The number of benzene rings is 1. The molecule has 1 aliphatic rings. The molecule has 0 saturated carbocycles. The molecule has 166 valence electrons. The lowest BCUT2D eigenvalue weighted by molar-refractivity contribution is 0.326. The number of nitrogens with one attached hydrogen (secondary N) is 1. The highest BCUT2D eigenvalue weighted by molar-refractivity contribution is 14.0. The third-order valence-corrected chi connectivity index (χ3v) is 5.29. The van der Waals surface area contributed by atoms with Gasteiger partial charge in [-0.25, -0.2) is 0 Å². The predicted molar refractivity (Wildman–Crippen MR) is 132 cm³/mol.